The second-order valence-electron chi connectivity index (χ2n) is 2.32. The second-order valence-corrected chi connectivity index (χ2v) is 2.32. The Hall–Kier alpha value is -0.530. The van der Waals surface area contributed by atoms with Crippen molar-refractivity contribution in [3.05, 3.63) is 6.42 Å². The van der Waals surface area contributed by atoms with Gasteiger partial charge in [0.15, 0.2) is 0 Å². The van der Waals surface area contributed by atoms with Crippen molar-refractivity contribution in [2.75, 3.05) is 0 Å². The molecule has 1 atom stereocenters. The van der Waals surface area contributed by atoms with Crippen molar-refractivity contribution in [1.82, 2.24) is 0 Å². The molecule has 1 unspecified atom stereocenters. The van der Waals surface area contributed by atoms with Crippen molar-refractivity contribution in [3.8, 4) is 0 Å². The molecule has 0 fully saturated rings. The van der Waals surface area contributed by atoms with Gasteiger partial charge in [-0.3, -0.25) is 4.79 Å². The molecule has 0 aliphatic heterocycles. The number of carbonyl (C=O) groups is 1. The van der Waals surface area contributed by atoms with Crippen LogP contribution in [0.2, 0.25) is 0 Å². The molecular weight excluding hydrogens is 128 g/mol. The molecule has 0 saturated carbocycles. The molecule has 0 N–H and O–H groups in total. The first-order chi connectivity index (χ1) is 4.70. The molecule has 0 saturated heterocycles. The largest absolute Gasteiger partial charge is 0.462 e. The molecule has 1 radical (unpaired) electrons. The molecule has 2 nitrogen and oxygen atoms in total. The number of esters is 1. The van der Waals surface area contributed by atoms with Gasteiger partial charge in [-0.15, -0.1) is 0 Å². The van der Waals surface area contributed by atoms with Crippen LogP contribution in [-0.2, 0) is 9.53 Å². The molecule has 0 rings (SSSR count). The van der Waals surface area contributed by atoms with Crippen molar-refractivity contribution in [1.29, 1.82) is 0 Å². The van der Waals surface area contributed by atoms with Crippen molar-refractivity contribution in [2.45, 2.75) is 39.7 Å². The van der Waals surface area contributed by atoms with Gasteiger partial charge in [0.05, 0.1) is 12.5 Å². The zero-order valence-corrected chi connectivity index (χ0v) is 6.89. The van der Waals surface area contributed by atoms with E-state index in [4.69, 9.17) is 4.74 Å². The van der Waals surface area contributed by atoms with Crippen LogP contribution in [0.3, 0.4) is 0 Å². The third kappa shape index (κ3) is 4.36. The van der Waals surface area contributed by atoms with Gasteiger partial charge in [-0.25, -0.2) is 0 Å². The minimum absolute atomic E-state index is 0.0636. The Kier molecular flexibility index (Phi) is 4.99. The summed E-state index contributed by atoms with van der Waals surface area (Å²) in [6, 6.07) is 0. The molecule has 59 valence electrons. The summed E-state index contributed by atoms with van der Waals surface area (Å²) in [5.41, 5.74) is 0. The molecule has 0 aromatic rings. The fourth-order valence-corrected chi connectivity index (χ4v) is 0.732. The van der Waals surface area contributed by atoms with E-state index in [1.165, 1.54) is 6.42 Å². The lowest BCUT2D eigenvalue weighted by Crippen LogP contribution is -2.13. The first kappa shape index (κ1) is 9.47. The average molecular weight is 143 g/mol. The van der Waals surface area contributed by atoms with E-state index in [0.717, 1.165) is 12.8 Å². The Bertz CT molecular complexity index is 99.4. The van der Waals surface area contributed by atoms with Gasteiger partial charge in [0.1, 0.15) is 0 Å². The van der Waals surface area contributed by atoms with Crippen molar-refractivity contribution in [2.24, 2.45) is 0 Å². The normalized spacial score (nSPS) is 12.7. The van der Waals surface area contributed by atoms with E-state index in [1.807, 2.05) is 6.92 Å². The summed E-state index contributed by atoms with van der Waals surface area (Å²) in [5.74, 6) is -0.221. The predicted octanol–water partition coefficient (Wildman–Crippen LogP) is 1.94. The Balaban J connectivity index is 3.37. The monoisotopic (exact) mass is 143 g/mol. The van der Waals surface area contributed by atoms with Gasteiger partial charge in [-0.1, -0.05) is 20.3 Å². The molecule has 0 aliphatic rings. The number of hydrogen-bond donors (Lipinski definition) is 0. The predicted molar refractivity (Wildman–Crippen MR) is 40.4 cm³/mol. The molecule has 0 aromatic heterocycles. The van der Waals surface area contributed by atoms with Crippen LogP contribution in [0.15, 0.2) is 0 Å². The van der Waals surface area contributed by atoms with Crippen LogP contribution in [-0.4, -0.2) is 12.1 Å². The summed E-state index contributed by atoms with van der Waals surface area (Å²) in [4.78, 5) is 10.6. The lowest BCUT2D eigenvalue weighted by atomic mass is 10.2. The van der Waals surface area contributed by atoms with Gasteiger partial charge < -0.3 is 4.74 Å². The van der Waals surface area contributed by atoms with E-state index in [0.29, 0.717) is 0 Å². The molecule has 0 aromatic carbocycles. The number of ether oxygens (including phenoxy) is 1. The number of hydrogen-bond acceptors (Lipinski definition) is 2. The third-order valence-electron chi connectivity index (χ3n) is 1.25. The van der Waals surface area contributed by atoms with Crippen LogP contribution in [0.5, 0.6) is 0 Å². The Morgan fingerprint density at radius 1 is 1.70 bits per heavy atom. The lowest BCUT2D eigenvalue weighted by Gasteiger charge is -2.10. The topological polar surface area (TPSA) is 26.3 Å². The maximum Gasteiger partial charge on any atom is 0.309 e. The highest BCUT2D eigenvalue weighted by atomic mass is 16.5. The lowest BCUT2D eigenvalue weighted by molar-refractivity contribution is -0.144. The van der Waals surface area contributed by atoms with Gasteiger partial charge in [-0.05, 0) is 13.3 Å². The minimum Gasteiger partial charge on any atom is -0.462 e. The zero-order chi connectivity index (χ0) is 7.98. The van der Waals surface area contributed by atoms with Crippen molar-refractivity contribution >= 4 is 5.97 Å². The van der Waals surface area contributed by atoms with Crippen LogP contribution in [0.4, 0.5) is 0 Å². The van der Waals surface area contributed by atoms with Gasteiger partial charge in [-0.2, -0.15) is 0 Å². The second kappa shape index (κ2) is 5.27. The van der Waals surface area contributed by atoms with Gasteiger partial charge in [0.25, 0.3) is 0 Å². The van der Waals surface area contributed by atoms with Crippen LogP contribution in [0, 0.1) is 6.42 Å². The van der Waals surface area contributed by atoms with E-state index >= 15 is 0 Å². The highest BCUT2D eigenvalue weighted by Crippen LogP contribution is 2.01. The summed E-state index contributed by atoms with van der Waals surface area (Å²) < 4.78 is 4.95. The fourth-order valence-electron chi connectivity index (χ4n) is 0.732. The van der Waals surface area contributed by atoms with E-state index in [9.17, 15) is 4.79 Å². The van der Waals surface area contributed by atoms with Crippen LogP contribution < -0.4 is 0 Å². The Labute approximate surface area is 62.6 Å². The molecule has 0 spiro atoms. The maximum atomic E-state index is 10.6. The summed E-state index contributed by atoms with van der Waals surface area (Å²) in [6.45, 7) is 5.66. The zero-order valence-electron chi connectivity index (χ0n) is 6.89. The molecule has 0 aliphatic carbocycles. The van der Waals surface area contributed by atoms with Crippen molar-refractivity contribution in [3.63, 3.8) is 0 Å². The van der Waals surface area contributed by atoms with E-state index in [1.54, 1.807) is 6.92 Å². The average Bonchev–Trinajstić information content (AvgIpc) is 1.88. The minimum atomic E-state index is -0.221. The molecular formula is C8H15O2. The first-order valence-electron chi connectivity index (χ1n) is 3.70. The number of rotatable bonds is 4. The summed E-state index contributed by atoms with van der Waals surface area (Å²) in [6.07, 6.45) is 3.50. The van der Waals surface area contributed by atoms with E-state index in [2.05, 4.69) is 6.92 Å². The van der Waals surface area contributed by atoms with Gasteiger partial charge in [0.2, 0.25) is 0 Å². The quantitative estimate of drug-likeness (QED) is 0.562. The number of carbonyl (C=O) groups excluding carboxylic acids is 1. The van der Waals surface area contributed by atoms with Gasteiger partial charge in [0, 0.05) is 0 Å². The molecule has 10 heavy (non-hydrogen) atoms. The van der Waals surface area contributed by atoms with E-state index in [-0.39, 0.29) is 12.1 Å². The van der Waals surface area contributed by atoms with E-state index < -0.39 is 0 Å². The molecule has 0 heterocycles. The molecule has 0 bridgehead atoms. The smallest absolute Gasteiger partial charge is 0.309 e. The van der Waals surface area contributed by atoms with Crippen LogP contribution >= 0.6 is 0 Å². The maximum absolute atomic E-state index is 10.6. The standard InChI is InChI=1S/C8H15O2/c1-4-6-7(3)10-8(9)5-2/h5,7H,4,6H2,1-3H3. The summed E-state index contributed by atoms with van der Waals surface area (Å²) in [5, 5.41) is 0. The highest BCUT2D eigenvalue weighted by molar-refractivity contribution is 5.78. The first-order valence-corrected chi connectivity index (χ1v) is 3.70. The molecule has 0 amide bonds. The Morgan fingerprint density at radius 2 is 2.30 bits per heavy atom. The van der Waals surface area contributed by atoms with Gasteiger partial charge >= 0.3 is 5.97 Å². The van der Waals surface area contributed by atoms with Crippen LogP contribution in [0.1, 0.15) is 33.6 Å². The SMILES string of the molecule is C[CH]C(=O)OC(C)CCC. The summed E-state index contributed by atoms with van der Waals surface area (Å²) >= 11 is 0. The highest BCUT2D eigenvalue weighted by Gasteiger charge is 2.04. The third-order valence-corrected chi connectivity index (χ3v) is 1.25. The Morgan fingerprint density at radius 3 is 2.70 bits per heavy atom. The fraction of sp³-hybridized carbons (Fsp3) is 0.750. The van der Waals surface area contributed by atoms with Crippen LogP contribution in [0.25, 0.3) is 0 Å². The molecule has 2 heteroatoms. The van der Waals surface area contributed by atoms with Crippen molar-refractivity contribution < 1.29 is 9.53 Å². The summed E-state index contributed by atoms with van der Waals surface area (Å²) in [7, 11) is 0.